The topological polar surface area (TPSA) is 25.6 Å². The summed E-state index contributed by atoms with van der Waals surface area (Å²) in [4.78, 5) is 0. The molecule has 2 N–H and O–H groups in total. The lowest BCUT2D eigenvalue weighted by Gasteiger charge is -2.08. The quantitative estimate of drug-likeness (QED) is 0.295. The predicted molar refractivity (Wildman–Crippen MR) is 35.7 cm³/mol. The Balaban J connectivity index is 0. The number of thiol groups is 1. The van der Waals surface area contributed by atoms with E-state index in [0.29, 0.717) is 0 Å². The third-order valence-electron chi connectivity index (χ3n) is 0.965. The molecule has 0 bridgehead atoms. The first kappa shape index (κ1) is 11.2. The number of hydrogen-bond donors (Lipinski definition) is 2. The van der Waals surface area contributed by atoms with Crippen molar-refractivity contribution in [1.29, 1.82) is 0 Å². The van der Waals surface area contributed by atoms with Gasteiger partial charge < -0.3 is 12.4 Å². The van der Waals surface area contributed by atoms with Gasteiger partial charge in [-0.15, -0.1) is 0 Å². The summed E-state index contributed by atoms with van der Waals surface area (Å²) in [5, 5.41) is 5.41. The molecule has 50 valence electrons. The molecule has 0 atom stereocenters. The van der Waals surface area contributed by atoms with Crippen LogP contribution in [0.5, 0.6) is 0 Å². The molecule has 0 aliphatic heterocycles. The Bertz CT molecular complexity index is 84.9. The van der Waals surface area contributed by atoms with Crippen LogP contribution in [0.2, 0.25) is 0 Å². The van der Waals surface area contributed by atoms with Crippen LogP contribution in [0, 0.1) is 0 Å². The minimum Gasteiger partial charge on any atom is -1.00 e. The molecule has 0 amide bonds. The summed E-state index contributed by atoms with van der Waals surface area (Å²) in [5.41, 5.74) is 0.857. The Kier molecular flexibility index (Phi) is 4.68. The van der Waals surface area contributed by atoms with Crippen molar-refractivity contribution < 1.29 is 17.8 Å². The van der Waals surface area contributed by atoms with E-state index >= 15 is 0 Å². The van der Waals surface area contributed by atoms with Crippen LogP contribution < -0.4 is 17.8 Å². The van der Waals surface area contributed by atoms with E-state index in [9.17, 15) is 0 Å². The van der Waals surface area contributed by atoms with Crippen LogP contribution in [-0.2, 0) is 0 Å². The Labute approximate surface area is 62.2 Å². The van der Waals surface area contributed by atoms with Gasteiger partial charge in [0.2, 0.25) is 0 Å². The van der Waals surface area contributed by atoms with Gasteiger partial charge in [0.05, 0.1) is 4.75 Å². The van der Waals surface area contributed by atoms with E-state index in [-0.39, 0.29) is 17.2 Å². The van der Waals surface area contributed by atoms with Gasteiger partial charge in [0.25, 0.3) is 0 Å². The van der Waals surface area contributed by atoms with Gasteiger partial charge in [-0.3, -0.25) is 5.41 Å². The van der Waals surface area contributed by atoms with E-state index in [1.807, 2.05) is 20.8 Å². The fourth-order valence-corrected chi connectivity index (χ4v) is 0. The van der Waals surface area contributed by atoms with Crippen molar-refractivity contribution in [3.8, 4) is 0 Å². The Morgan fingerprint density at radius 3 is 1.62 bits per heavy atom. The zero-order valence-corrected chi connectivity index (χ0v) is 7.05. The van der Waals surface area contributed by atoms with Crippen molar-refractivity contribution >= 4 is 18.3 Å². The lowest BCUT2D eigenvalue weighted by Crippen LogP contribution is -3.00. The highest BCUT2D eigenvalue weighted by atomic mass is 35.5. The lowest BCUT2D eigenvalue weighted by molar-refractivity contribution is -0.118. The Morgan fingerprint density at radius 1 is 1.50 bits per heavy atom. The molecule has 0 rings (SSSR count). The Morgan fingerprint density at radius 2 is 1.62 bits per heavy atom. The molecule has 0 saturated heterocycles. The SMILES string of the molecule is CC(=[NH2+])C(C)(C)S.[Cl-]. The molecule has 1 nitrogen and oxygen atoms in total. The molecule has 0 aliphatic rings. The zero-order valence-electron chi connectivity index (χ0n) is 5.40. The van der Waals surface area contributed by atoms with Gasteiger partial charge in [0.15, 0.2) is 5.71 Å². The van der Waals surface area contributed by atoms with Crippen molar-refractivity contribution in [2.24, 2.45) is 0 Å². The van der Waals surface area contributed by atoms with Crippen molar-refractivity contribution in [1.82, 2.24) is 0 Å². The van der Waals surface area contributed by atoms with Crippen LogP contribution in [0.3, 0.4) is 0 Å². The summed E-state index contributed by atoms with van der Waals surface area (Å²) >= 11 is 4.19. The predicted octanol–water partition coefficient (Wildman–Crippen LogP) is -3.08. The zero-order chi connectivity index (χ0) is 6.08. The average molecular weight is 154 g/mol. The van der Waals surface area contributed by atoms with Crippen LogP contribution in [0.1, 0.15) is 20.8 Å². The summed E-state index contributed by atoms with van der Waals surface area (Å²) in [6.45, 7) is 5.80. The maximum absolute atomic E-state index is 5.41. The molecule has 0 unspecified atom stereocenters. The second kappa shape index (κ2) is 3.36. The smallest absolute Gasteiger partial charge is 0.161 e. The number of hydrogen-bond acceptors (Lipinski definition) is 1. The van der Waals surface area contributed by atoms with Gasteiger partial charge >= 0.3 is 0 Å². The lowest BCUT2D eigenvalue weighted by atomic mass is 10.1. The minimum atomic E-state index is -0.111. The average Bonchev–Trinajstić information content (AvgIpc) is 1.31. The van der Waals surface area contributed by atoms with Crippen molar-refractivity contribution in [2.75, 3.05) is 0 Å². The molecule has 8 heavy (non-hydrogen) atoms. The van der Waals surface area contributed by atoms with Crippen molar-refractivity contribution in [2.45, 2.75) is 25.5 Å². The first-order valence-electron chi connectivity index (χ1n) is 2.26. The minimum absolute atomic E-state index is 0. The number of nitrogens with two attached hydrogens (primary N) is 1. The highest BCUT2D eigenvalue weighted by molar-refractivity contribution is 7.82. The standard InChI is InChI=1S/C5H11NS.ClH/c1-4(6)5(2,3)7;/h6-7H,1-3H3;1H. The highest BCUT2D eigenvalue weighted by Crippen LogP contribution is 2.09. The van der Waals surface area contributed by atoms with E-state index in [0.717, 1.165) is 5.71 Å². The molecule has 3 heteroatoms. The molecule has 0 heterocycles. The van der Waals surface area contributed by atoms with E-state index in [1.54, 1.807) is 0 Å². The largest absolute Gasteiger partial charge is 1.00 e. The number of halogens is 1. The molecule has 0 aromatic heterocycles. The van der Waals surface area contributed by atoms with Gasteiger partial charge in [-0.25, -0.2) is 0 Å². The second-order valence-corrected chi connectivity index (χ2v) is 3.36. The maximum atomic E-state index is 5.41. The molecule has 0 aliphatic carbocycles. The molecule has 0 spiro atoms. The van der Waals surface area contributed by atoms with Gasteiger partial charge in [-0.05, 0) is 13.8 Å². The number of rotatable bonds is 1. The van der Waals surface area contributed by atoms with Crippen LogP contribution >= 0.6 is 12.6 Å². The summed E-state index contributed by atoms with van der Waals surface area (Å²) in [7, 11) is 0. The van der Waals surface area contributed by atoms with Crippen LogP contribution in [0.15, 0.2) is 0 Å². The molecular formula is C5H12ClNS. The van der Waals surface area contributed by atoms with E-state index < -0.39 is 0 Å². The van der Waals surface area contributed by atoms with E-state index in [1.165, 1.54) is 0 Å². The summed E-state index contributed by atoms with van der Waals surface area (Å²) < 4.78 is -0.111. The molecule has 0 aromatic carbocycles. The molecule has 0 aromatic rings. The molecule has 0 radical (unpaired) electrons. The van der Waals surface area contributed by atoms with Gasteiger partial charge in [-0.1, -0.05) is 0 Å². The highest BCUT2D eigenvalue weighted by Gasteiger charge is 2.17. The van der Waals surface area contributed by atoms with Crippen LogP contribution in [-0.4, -0.2) is 10.5 Å². The summed E-state index contributed by atoms with van der Waals surface area (Å²) in [6, 6.07) is 0. The van der Waals surface area contributed by atoms with Crippen LogP contribution in [0.25, 0.3) is 0 Å². The van der Waals surface area contributed by atoms with E-state index in [2.05, 4.69) is 12.6 Å². The van der Waals surface area contributed by atoms with Crippen LogP contribution in [0.4, 0.5) is 0 Å². The third-order valence-corrected chi connectivity index (χ3v) is 1.32. The van der Waals surface area contributed by atoms with Gasteiger partial charge in [0, 0.05) is 6.92 Å². The molecule has 0 fully saturated rings. The second-order valence-electron chi connectivity index (χ2n) is 2.24. The maximum Gasteiger partial charge on any atom is 0.161 e. The molecule has 0 saturated carbocycles. The fraction of sp³-hybridized carbons (Fsp3) is 0.800. The van der Waals surface area contributed by atoms with Crippen molar-refractivity contribution in [3.63, 3.8) is 0 Å². The summed E-state index contributed by atoms with van der Waals surface area (Å²) in [5.74, 6) is 0. The van der Waals surface area contributed by atoms with Crippen molar-refractivity contribution in [3.05, 3.63) is 0 Å². The normalized spacial score (nSPS) is 10.0. The fourth-order valence-electron chi connectivity index (χ4n) is 0. The van der Waals surface area contributed by atoms with Gasteiger partial charge in [0.1, 0.15) is 0 Å². The van der Waals surface area contributed by atoms with Gasteiger partial charge in [-0.2, -0.15) is 12.6 Å². The third kappa shape index (κ3) is 4.47. The summed E-state index contributed by atoms with van der Waals surface area (Å²) in [6.07, 6.45) is 0. The first-order chi connectivity index (χ1) is 2.94. The first-order valence-corrected chi connectivity index (χ1v) is 2.71. The Hall–Kier alpha value is 0.310. The molecular weight excluding hydrogens is 142 g/mol. The van der Waals surface area contributed by atoms with E-state index in [4.69, 9.17) is 5.41 Å². The monoisotopic (exact) mass is 153 g/mol.